The van der Waals surface area contributed by atoms with E-state index < -0.39 is 0 Å². The Balaban J connectivity index is 1.68. The van der Waals surface area contributed by atoms with Crippen molar-refractivity contribution in [3.8, 4) is 5.13 Å². The molecule has 0 saturated carbocycles. The van der Waals surface area contributed by atoms with E-state index in [0.29, 0.717) is 10.1 Å². The van der Waals surface area contributed by atoms with E-state index in [-0.39, 0.29) is 12.1 Å². The van der Waals surface area contributed by atoms with Gasteiger partial charge in [0, 0.05) is 39.9 Å². The van der Waals surface area contributed by atoms with Crippen LogP contribution in [0.3, 0.4) is 0 Å². The molecule has 0 bridgehead atoms. The van der Waals surface area contributed by atoms with Gasteiger partial charge in [-0.15, -0.1) is 11.3 Å². The van der Waals surface area contributed by atoms with Gasteiger partial charge in [0.15, 0.2) is 10.2 Å². The molecule has 2 atom stereocenters. The van der Waals surface area contributed by atoms with E-state index in [4.69, 9.17) is 23.8 Å². The van der Waals surface area contributed by atoms with E-state index in [1.165, 1.54) is 5.56 Å². The summed E-state index contributed by atoms with van der Waals surface area (Å²) in [4.78, 5) is 11.3. The Kier molecular flexibility index (Phi) is 5.25. The second-order valence-corrected chi connectivity index (χ2v) is 9.15. The van der Waals surface area contributed by atoms with Crippen LogP contribution in [0.4, 0.5) is 5.69 Å². The number of nitrogens with one attached hydrogen (secondary N) is 1. The smallest absolute Gasteiger partial charge is 0.193 e. The number of rotatable bonds is 4. The maximum Gasteiger partial charge on any atom is 0.193 e. The van der Waals surface area contributed by atoms with Crippen LogP contribution in [-0.4, -0.2) is 19.6 Å². The third-order valence-electron chi connectivity index (χ3n) is 5.60. The van der Waals surface area contributed by atoms with E-state index in [1.54, 1.807) is 11.3 Å². The number of thiazole rings is 1. The number of hydrogen-bond acceptors (Lipinski definition) is 4. The molecule has 0 spiro atoms. The quantitative estimate of drug-likeness (QED) is 0.387. The van der Waals surface area contributed by atoms with Crippen molar-refractivity contribution in [3.63, 3.8) is 0 Å². The summed E-state index contributed by atoms with van der Waals surface area (Å²) in [6.07, 6.45) is 3.66. The molecule has 0 aliphatic carbocycles. The first-order chi connectivity index (χ1) is 15.0. The summed E-state index contributed by atoms with van der Waals surface area (Å²) in [5.41, 5.74) is 5.40. The van der Waals surface area contributed by atoms with Crippen LogP contribution in [0.1, 0.15) is 34.7 Å². The fourth-order valence-electron chi connectivity index (χ4n) is 4.26. The van der Waals surface area contributed by atoms with Gasteiger partial charge in [-0.1, -0.05) is 17.7 Å². The Labute approximate surface area is 195 Å². The summed E-state index contributed by atoms with van der Waals surface area (Å²) in [5.74, 6) is 0. The molecule has 0 radical (unpaired) electrons. The zero-order valence-corrected chi connectivity index (χ0v) is 19.4. The first kappa shape index (κ1) is 20.2. The van der Waals surface area contributed by atoms with Crippen molar-refractivity contribution in [2.24, 2.45) is 0 Å². The number of pyridine rings is 1. The summed E-state index contributed by atoms with van der Waals surface area (Å²) < 4.78 is 2.21. The molecule has 1 saturated heterocycles. The monoisotopic (exact) mass is 465 g/mol. The molecule has 1 aliphatic heterocycles. The van der Waals surface area contributed by atoms with Crippen LogP contribution in [0.15, 0.2) is 66.3 Å². The zero-order chi connectivity index (χ0) is 21.5. The average Bonchev–Trinajstić information content (AvgIpc) is 3.47. The SMILES string of the molecule is Cc1cc([C@H]2[C@@H](c3ccccn3)NC(=S)N2c2ccc(Cl)cc2)c(C)n1-c1nccs1. The van der Waals surface area contributed by atoms with Crippen LogP contribution < -0.4 is 10.2 Å². The van der Waals surface area contributed by atoms with Gasteiger partial charge in [0.2, 0.25) is 0 Å². The Morgan fingerprint density at radius 1 is 1.06 bits per heavy atom. The minimum absolute atomic E-state index is 0.0662. The summed E-state index contributed by atoms with van der Waals surface area (Å²) >= 11 is 13.6. The first-order valence-corrected chi connectivity index (χ1v) is 11.6. The number of aryl methyl sites for hydroxylation is 1. The van der Waals surface area contributed by atoms with E-state index in [1.807, 2.05) is 60.2 Å². The van der Waals surface area contributed by atoms with Gasteiger partial charge in [-0.05, 0) is 74.1 Å². The Morgan fingerprint density at radius 3 is 2.55 bits per heavy atom. The molecule has 156 valence electrons. The van der Waals surface area contributed by atoms with Crippen molar-refractivity contribution in [1.82, 2.24) is 19.9 Å². The minimum Gasteiger partial charge on any atom is -0.351 e. The standard InChI is InChI=1S/C23H20ClN5S2/c1-14-13-18(15(2)28(14)23-26-11-12-31-23)21-20(19-5-3-4-10-25-19)27-22(30)29(21)17-8-6-16(24)7-9-17/h3-13,20-21H,1-2H3,(H,27,30)/t20-,21+/m1/s1. The van der Waals surface area contributed by atoms with Gasteiger partial charge in [0.05, 0.1) is 17.8 Å². The van der Waals surface area contributed by atoms with Gasteiger partial charge in [0.1, 0.15) is 0 Å². The predicted octanol–water partition coefficient (Wildman–Crippen LogP) is 5.78. The van der Waals surface area contributed by atoms with Crippen molar-refractivity contribution in [2.45, 2.75) is 25.9 Å². The predicted molar refractivity (Wildman–Crippen MR) is 130 cm³/mol. The molecule has 3 aromatic heterocycles. The van der Waals surface area contributed by atoms with Gasteiger partial charge in [0.25, 0.3) is 0 Å². The first-order valence-electron chi connectivity index (χ1n) is 9.89. The lowest BCUT2D eigenvalue weighted by Gasteiger charge is -2.28. The van der Waals surface area contributed by atoms with Gasteiger partial charge < -0.3 is 10.2 Å². The molecule has 1 aromatic carbocycles. The van der Waals surface area contributed by atoms with E-state index >= 15 is 0 Å². The van der Waals surface area contributed by atoms with Crippen molar-refractivity contribution in [2.75, 3.05) is 4.90 Å². The second-order valence-electron chi connectivity index (χ2n) is 7.45. The molecule has 4 aromatic rings. The van der Waals surface area contributed by atoms with Gasteiger partial charge in [-0.2, -0.15) is 0 Å². The Bertz CT molecular complexity index is 1220. The lowest BCUT2D eigenvalue weighted by atomic mass is 9.96. The lowest BCUT2D eigenvalue weighted by Crippen LogP contribution is -2.29. The molecule has 1 N–H and O–H groups in total. The summed E-state index contributed by atoms with van der Waals surface area (Å²) in [7, 11) is 0. The Morgan fingerprint density at radius 2 is 1.87 bits per heavy atom. The van der Waals surface area contributed by atoms with Crippen LogP contribution in [0.2, 0.25) is 5.02 Å². The lowest BCUT2D eigenvalue weighted by molar-refractivity contribution is 0.565. The molecule has 0 amide bonds. The number of hydrogen-bond donors (Lipinski definition) is 1. The third-order valence-corrected chi connectivity index (χ3v) is 6.93. The minimum atomic E-state index is -0.0883. The second kappa shape index (κ2) is 8.07. The third kappa shape index (κ3) is 3.52. The maximum absolute atomic E-state index is 6.15. The fourth-order valence-corrected chi connectivity index (χ4v) is 5.48. The van der Waals surface area contributed by atoms with Crippen LogP contribution in [0.25, 0.3) is 5.13 Å². The number of benzene rings is 1. The highest BCUT2D eigenvalue weighted by Crippen LogP contribution is 2.43. The molecule has 1 aliphatic rings. The largest absolute Gasteiger partial charge is 0.351 e. The van der Waals surface area contributed by atoms with E-state index in [9.17, 15) is 0 Å². The molecule has 4 heterocycles. The molecule has 5 rings (SSSR count). The Hall–Kier alpha value is -2.74. The van der Waals surface area contributed by atoms with Crippen molar-refractivity contribution in [1.29, 1.82) is 0 Å². The number of anilines is 1. The highest BCUT2D eigenvalue weighted by molar-refractivity contribution is 7.80. The topological polar surface area (TPSA) is 46.0 Å². The van der Waals surface area contributed by atoms with Crippen molar-refractivity contribution in [3.05, 3.63) is 94.0 Å². The molecule has 1 fully saturated rings. The highest BCUT2D eigenvalue weighted by atomic mass is 35.5. The summed E-state index contributed by atoms with van der Waals surface area (Å²) in [6, 6.07) is 15.8. The maximum atomic E-state index is 6.15. The van der Waals surface area contributed by atoms with Crippen molar-refractivity contribution < 1.29 is 0 Å². The van der Waals surface area contributed by atoms with Gasteiger partial charge in [-0.3, -0.25) is 9.55 Å². The van der Waals surface area contributed by atoms with Gasteiger partial charge in [-0.25, -0.2) is 4.98 Å². The van der Waals surface area contributed by atoms with E-state index in [2.05, 4.69) is 44.7 Å². The highest BCUT2D eigenvalue weighted by Gasteiger charge is 2.42. The number of aromatic nitrogens is 3. The fraction of sp³-hybridized carbons (Fsp3) is 0.174. The summed E-state index contributed by atoms with van der Waals surface area (Å²) in [6.45, 7) is 4.25. The summed E-state index contributed by atoms with van der Waals surface area (Å²) in [5, 5.41) is 7.83. The number of nitrogens with zero attached hydrogens (tertiary/aromatic N) is 4. The normalized spacial score (nSPS) is 18.4. The number of thiocarbonyl (C=S) groups is 1. The van der Waals surface area contributed by atoms with Crippen LogP contribution in [0, 0.1) is 13.8 Å². The molecule has 5 nitrogen and oxygen atoms in total. The number of halogens is 1. The van der Waals surface area contributed by atoms with E-state index in [0.717, 1.165) is 27.9 Å². The molecule has 8 heteroatoms. The average molecular weight is 466 g/mol. The molecular formula is C23H20ClN5S2. The molecule has 31 heavy (non-hydrogen) atoms. The molecule has 0 unspecified atom stereocenters. The van der Waals surface area contributed by atoms with Crippen LogP contribution in [-0.2, 0) is 0 Å². The van der Waals surface area contributed by atoms with Crippen LogP contribution >= 0.6 is 35.2 Å². The van der Waals surface area contributed by atoms with Crippen LogP contribution in [0.5, 0.6) is 0 Å². The zero-order valence-electron chi connectivity index (χ0n) is 17.0. The van der Waals surface area contributed by atoms with Gasteiger partial charge >= 0.3 is 0 Å². The van der Waals surface area contributed by atoms with Crippen molar-refractivity contribution >= 4 is 46.0 Å². The molecular weight excluding hydrogens is 446 g/mol.